The van der Waals surface area contributed by atoms with E-state index in [9.17, 15) is 9.18 Å². The van der Waals surface area contributed by atoms with Gasteiger partial charge >= 0.3 is 11.8 Å². The standard InChI is InChI=1S/C5H5FO3/c1-5(4(6)7)8-2-3-9-5/h2-3H,1H3. The summed E-state index contributed by atoms with van der Waals surface area (Å²) in [5.74, 6) is -1.72. The molecule has 3 nitrogen and oxygen atoms in total. The maximum atomic E-state index is 11.9. The van der Waals surface area contributed by atoms with Crippen molar-refractivity contribution < 1.29 is 18.7 Å². The molecule has 1 aliphatic rings. The molecule has 0 aromatic carbocycles. The Morgan fingerprint density at radius 3 is 2.22 bits per heavy atom. The van der Waals surface area contributed by atoms with Gasteiger partial charge in [0.05, 0.1) is 0 Å². The number of carbonyl (C=O) groups is 1. The van der Waals surface area contributed by atoms with Gasteiger partial charge in [0.15, 0.2) is 0 Å². The second-order valence-electron chi connectivity index (χ2n) is 1.73. The first-order chi connectivity index (χ1) is 4.15. The molecule has 9 heavy (non-hydrogen) atoms. The van der Waals surface area contributed by atoms with Crippen molar-refractivity contribution in [1.82, 2.24) is 0 Å². The van der Waals surface area contributed by atoms with Crippen molar-refractivity contribution in [2.45, 2.75) is 12.7 Å². The van der Waals surface area contributed by atoms with Gasteiger partial charge < -0.3 is 9.47 Å². The van der Waals surface area contributed by atoms with E-state index >= 15 is 0 Å². The van der Waals surface area contributed by atoms with Crippen molar-refractivity contribution in [2.24, 2.45) is 0 Å². The molecule has 0 amide bonds. The van der Waals surface area contributed by atoms with E-state index < -0.39 is 11.8 Å². The highest BCUT2D eigenvalue weighted by Gasteiger charge is 2.39. The van der Waals surface area contributed by atoms with Crippen LogP contribution in [-0.2, 0) is 14.3 Å². The molecule has 50 valence electrons. The molecule has 0 saturated carbocycles. The van der Waals surface area contributed by atoms with Crippen LogP contribution in [0.25, 0.3) is 0 Å². The average molecular weight is 132 g/mol. The highest BCUT2D eigenvalue weighted by Crippen LogP contribution is 2.20. The van der Waals surface area contributed by atoms with Crippen LogP contribution >= 0.6 is 0 Å². The van der Waals surface area contributed by atoms with Crippen LogP contribution in [-0.4, -0.2) is 11.8 Å². The Bertz CT molecular complexity index is 156. The lowest BCUT2D eigenvalue weighted by atomic mass is 10.3. The molecule has 1 aliphatic heterocycles. The summed E-state index contributed by atoms with van der Waals surface area (Å²) < 4.78 is 20.8. The van der Waals surface area contributed by atoms with Crippen LogP contribution in [0.1, 0.15) is 6.92 Å². The first kappa shape index (κ1) is 6.07. The fourth-order valence-corrected chi connectivity index (χ4v) is 0.436. The van der Waals surface area contributed by atoms with Crippen LogP contribution in [0.2, 0.25) is 0 Å². The Morgan fingerprint density at radius 1 is 1.56 bits per heavy atom. The van der Waals surface area contributed by atoms with E-state index in [2.05, 4.69) is 9.47 Å². The molecular formula is C5H5FO3. The van der Waals surface area contributed by atoms with Crippen molar-refractivity contribution in [1.29, 1.82) is 0 Å². The average Bonchev–Trinajstić information content (AvgIpc) is 2.16. The Labute approximate surface area is 51.1 Å². The van der Waals surface area contributed by atoms with E-state index in [0.29, 0.717) is 0 Å². The summed E-state index contributed by atoms with van der Waals surface area (Å²) in [6.45, 7) is 1.20. The molecule has 0 fully saturated rings. The minimum absolute atomic E-state index is 1.12. The lowest BCUT2D eigenvalue weighted by molar-refractivity contribution is -0.180. The molecule has 0 aromatic heterocycles. The SMILES string of the molecule is CC1(C(=O)F)OC=CO1. The van der Waals surface area contributed by atoms with Crippen molar-refractivity contribution in [3.05, 3.63) is 12.5 Å². The first-order valence-corrected chi connectivity index (χ1v) is 2.36. The molecule has 0 N–H and O–H groups in total. The Morgan fingerprint density at radius 2 is 2.00 bits per heavy atom. The number of rotatable bonds is 1. The van der Waals surface area contributed by atoms with E-state index in [1.807, 2.05) is 0 Å². The van der Waals surface area contributed by atoms with Crippen LogP contribution in [0.15, 0.2) is 12.5 Å². The zero-order valence-corrected chi connectivity index (χ0v) is 4.76. The molecule has 0 atom stereocenters. The van der Waals surface area contributed by atoms with E-state index in [4.69, 9.17) is 0 Å². The maximum absolute atomic E-state index is 11.9. The topological polar surface area (TPSA) is 35.5 Å². The van der Waals surface area contributed by atoms with E-state index in [1.165, 1.54) is 6.92 Å². The first-order valence-electron chi connectivity index (χ1n) is 2.36. The predicted molar refractivity (Wildman–Crippen MR) is 25.8 cm³/mol. The summed E-state index contributed by atoms with van der Waals surface area (Å²) in [4.78, 5) is 10.0. The summed E-state index contributed by atoms with van der Waals surface area (Å²) in [5.41, 5.74) is 0. The lowest BCUT2D eigenvalue weighted by Gasteiger charge is -2.15. The largest absolute Gasteiger partial charge is 0.449 e. The van der Waals surface area contributed by atoms with Crippen LogP contribution in [0, 0.1) is 0 Å². The highest BCUT2D eigenvalue weighted by molar-refractivity contribution is 5.76. The van der Waals surface area contributed by atoms with Crippen molar-refractivity contribution in [2.75, 3.05) is 0 Å². The quantitative estimate of drug-likeness (QED) is 0.493. The summed E-state index contributed by atoms with van der Waals surface area (Å²) >= 11 is 0. The number of halogens is 1. The van der Waals surface area contributed by atoms with E-state index in [1.54, 1.807) is 0 Å². The Kier molecular flexibility index (Phi) is 1.16. The molecule has 0 aliphatic carbocycles. The molecule has 0 aromatic rings. The van der Waals surface area contributed by atoms with Crippen molar-refractivity contribution in [3.8, 4) is 0 Å². The molecule has 0 spiro atoms. The summed E-state index contributed by atoms with van der Waals surface area (Å²) in [5, 5.41) is 0. The third-order valence-corrected chi connectivity index (χ3v) is 0.998. The second kappa shape index (κ2) is 1.72. The highest BCUT2D eigenvalue weighted by atomic mass is 19.1. The van der Waals surface area contributed by atoms with Crippen molar-refractivity contribution >= 4 is 6.04 Å². The van der Waals surface area contributed by atoms with Crippen molar-refractivity contribution in [3.63, 3.8) is 0 Å². The number of ether oxygens (including phenoxy) is 2. The maximum Gasteiger partial charge on any atom is 0.385 e. The van der Waals surface area contributed by atoms with Gasteiger partial charge in [0, 0.05) is 6.92 Å². The fourth-order valence-electron chi connectivity index (χ4n) is 0.436. The third-order valence-electron chi connectivity index (χ3n) is 0.998. The second-order valence-corrected chi connectivity index (χ2v) is 1.73. The molecule has 1 rings (SSSR count). The van der Waals surface area contributed by atoms with Gasteiger partial charge in [0.2, 0.25) is 0 Å². The van der Waals surface area contributed by atoms with Gasteiger partial charge in [0.1, 0.15) is 12.5 Å². The van der Waals surface area contributed by atoms with Gasteiger partial charge in [-0.1, -0.05) is 0 Å². The van der Waals surface area contributed by atoms with Crippen LogP contribution < -0.4 is 0 Å². The number of hydrogen-bond acceptors (Lipinski definition) is 3. The Hall–Kier alpha value is -1.06. The normalized spacial score (nSPS) is 20.7. The van der Waals surface area contributed by atoms with Gasteiger partial charge in [-0.3, -0.25) is 4.79 Å². The molecule has 0 bridgehead atoms. The third kappa shape index (κ3) is 0.872. The van der Waals surface area contributed by atoms with Gasteiger partial charge in [-0.25, -0.2) is 0 Å². The monoisotopic (exact) mass is 132 g/mol. The molecule has 0 saturated heterocycles. The summed E-state index contributed by atoms with van der Waals surface area (Å²) in [7, 11) is 0. The Balaban J connectivity index is 2.66. The summed E-state index contributed by atoms with van der Waals surface area (Å²) in [6.07, 6.45) is 2.24. The predicted octanol–water partition coefficient (Wildman–Crippen LogP) is 0.717. The zero-order chi connectivity index (χ0) is 6.91. The van der Waals surface area contributed by atoms with Crippen LogP contribution in [0.3, 0.4) is 0 Å². The number of carbonyl (C=O) groups excluding carboxylic acids is 1. The van der Waals surface area contributed by atoms with E-state index in [0.717, 1.165) is 12.5 Å². The molecule has 0 unspecified atom stereocenters. The number of hydrogen-bond donors (Lipinski definition) is 0. The van der Waals surface area contributed by atoms with Gasteiger partial charge in [-0.15, -0.1) is 0 Å². The van der Waals surface area contributed by atoms with Gasteiger partial charge in [0.25, 0.3) is 0 Å². The smallest absolute Gasteiger partial charge is 0.385 e. The lowest BCUT2D eigenvalue weighted by Crippen LogP contribution is -2.33. The fraction of sp³-hybridized carbons (Fsp3) is 0.400. The minimum atomic E-state index is -1.72. The molecule has 4 heteroatoms. The molecular weight excluding hydrogens is 127 g/mol. The molecule has 1 heterocycles. The van der Waals surface area contributed by atoms with Crippen LogP contribution in [0.5, 0.6) is 0 Å². The zero-order valence-electron chi connectivity index (χ0n) is 4.76. The van der Waals surface area contributed by atoms with E-state index in [-0.39, 0.29) is 0 Å². The van der Waals surface area contributed by atoms with Gasteiger partial charge in [-0.2, -0.15) is 4.39 Å². The summed E-state index contributed by atoms with van der Waals surface area (Å²) in [6, 6.07) is -1.63. The van der Waals surface area contributed by atoms with Gasteiger partial charge in [-0.05, 0) is 0 Å². The minimum Gasteiger partial charge on any atom is -0.449 e. The van der Waals surface area contributed by atoms with Crippen LogP contribution in [0.4, 0.5) is 4.39 Å². The molecule has 0 radical (unpaired) electrons.